The van der Waals surface area contributed by atoms with E-state index >= 15 is 0 Å². The van der Waals surface area contributed by atoms with E-state index in [4.69, 9.17) is 5.73 Å². The van der Waals surface area contributed by atoms with Gasteiger partial charge in [-0.2, -0.15) is 4.31 Å². The van der Waals surface area contributed by atoms with Gasteiger partial charge in [-0.05, 0) is 48.6 Å². The minimum absolute atomic E-state index is 0.113. The number of nitrogens with two attached hydrogens (primary N) is 1. The predicted octanol–water partition coefficient (Wildman–Crippen LogP) is 1.98. The zero-order valence-corrected chi connectivity index (χ0v) is 16.0. The average Bonchev–Trinajstić information content (AvgIpc) is 2.73. The zero-order chi connectivity index (χ0) is 19.3. The van der Waals surface area contributed by atoms with E-state index < -0.39 is 10.0 Å². The van der Waals surface area contributed by atoms with E-state index in [0.717, 1.165) is 18.4 Å². The molecule has 1 aliphatic rings. The number of rotatable bonds is 6. The molecule has 1 amide bonds. The van der Waals surface area contributed by atoms with Crippen molar-refractivity contribution in [1.82, 2.24) is 9.62 Å². The van der Waals surface area contributed by atoms with Gasteiger partial charge in [0.05, 0.1) is 4.90 Å². The maximum atomic E-state index is 12.6. The number of hydrogen-bond donors (Lipinski definition) is 2. The normalized spacial score (nSPS) is 16.2. The Kier molecular flexibility index (Phi) is 6.26. The SMILES string of the molecule is NCc1ccc(C(=O)NCC2CCN(S(=O)(=O)c3ccccc3)CC2)cc1. The van der Waals surface area contributed by atoms with Gasteiger partial charge in [0.1, 0.15) is 0 Å². The van der Waals surface area contributed by atoms with Crippen molar-refractivity contribution in [2.24, 2.45) is 11.7 Å². The molecule has 0 atom stereocenters. The van der Waals surface area contributed by atoms with Crippen molar-refractivity contribution < 1.29 is 13.2 Å². The van der Waals surface area contributed by atoms with Crippen molar-refractivity contribution in [3.63, 3.8) is 0 Å². The summed E-state index contributed by atoms with van der Waals surface area (Å²) in [5.74, 6) is 0.164. The molecule has 6 nitrogen and oxygen atoms in total. The number of nitrogens with zero attached hydrogens (tertiary/aromatic N) is 1. The highest BCUT2D eigenvalue weighted by molar-refractivity contribution is 7.89. The molecule has 1 aliphatic heterocycles. The Hall–Kier alpha value is -2.22. The summed E-state index contributed by atoms with van der Waals surface area (Å²) in [4.78, 5) is 12.6. The largest absolute Gasteiger partial charge is 0.352 e. The molecule has 0 unspecified atom stereocenters. The van der Waals surface area contributed by atoms with Gasteiger partial charge in [0.25, 0.3) is 5.91 Å². The molecule has 27 heavy (non-hydrogen) atoms. The molecule has 0 saturated carbocycles. The fourth-order valence-corrected chi connectivity index (χ4v) is 4.72. The number of piperidine rings is 1. The number of nitrogens with one attached hydrogen (secondary N) is 1. The predicted molar refractivity (Wildman–Crippen MR) is 105 cm³/mol. The summed E-state index contributed by atoms with van der Waals surface area (Å²) in [6.07, 6.45) is 1.47. The number of benzene rings is 2. The third-order valence-corrected chi connectivity index (χ3v) is 6.87. The Morgan fingerprint density at radius 3 is 2.26 bits per heavy atom. The lowest BCUT2D eigenvalue weighted by atomic mass is 9.98. The molecule has 1 fully saturated rings. The lowest BCUT2D eigenvalue weighted by molar-refractivity contribution is 0.0941. The maximum absolute atomic E-state index is 12.6. The molecule has 2 aromatic rings. The van der Waals surface area contributed by atoms with Crippen LogP contribution < -0.4 is 11.1 Å². The molecular weight excluding hydrogens is 362 g/mol. The quantitative estimate of drug-likeness (QED) is 0.793. The van der Waals surface area contributed by atoms with Gasteiger partial charge in [0, 0.05) is 31.7 Å². The third kappa shape index (κ3) is 4.74. The van der Waals surface area contributed by atoms with E-state index in [2.05, 4.69) is 5.32 Å². The van der Waals surface area contributed by atoms with Crippen molar-refractivity contribution in [2.75, 3.05) is 19.6 Å². The Morgan fingerprint density at radius 2 is 1.67 bits per heavy atom. The summed E-state index contributed by atoms with van der Waals surface area (Å²) >= 11 is 0. The molecule has 1 saturated heterocycles. The molecule has 3 rings (SSSR count). The van der Waals surface area contributed by atoms with Gasteiger partial charge in [0.2, 0.25) is 10.0 Å². The summed E-state index contributed by atoms with van der Waals surface area (Å²) in [5.41, 5.74) is 7.16. The summed E-state index contributed by atoms with van der Waals surface area (Å²) in [7, 11) is -3.43. The second kappa shape index (κ2) is 8.65. The molecular formula is C20H25N3O3S. The van der Waals surface area contributed by atoms with Crippen molar-refractivity contribution in [1.29, 1.82) is 0 Å². The zero-order valence-electron chi connectivity index (χ0n) is 15.2. The van der Waals surface area contributed by atoms with Crippen LogP contribution in [-0.2, 0) is 16.6 Å². The molecule has 0 spiro atoms. The van der Waals surface area contributed by atoms with Crippen molar-refractivity contribution in [2.45, 2.75) is 24.3 Å². The standard InChI is InChI=1S/C20H25N3O3S/c21-14-16-6-8-18(9-7-16)20(24)22-15-17-10-12-23(13-11-17)27(25,26)19-4-2-1-3-5-19/h1-9,17H,10-15,21H2,(H,22,24). The van der Waals surface area contributed by atoms with Gasteiger partial charge in [-0.1, -0.05) is 30.3 Å². The first-order chi connectivity index (χ1) is 13.0. The molecule has 2 aromatic carbocycles. The Morgan fingerprint density at radius 1 is 1.04 bits per heavy atom. The van der Waals surface area contributed by atoms with Crippen molar-refractivity contribution in [3.8, 4) is 0 Å². The fourth-order valence-electron chi connectivity index (χ4n) is 3.23. The number of carbonyl (C=O) groups is 1. The second-order valence-corrected chi connectivity index (χ2v) is 8.71. The highest BCUT2D eigenvalue weighted by atomic mass is 32.2. The molecule has 0 aliphatic carbocycles. The number of carbonyl (C=O) groups excluding carboxylic acids is 1. The summed E-state index contributed by atoms with van der Waals surface area (Å²) < 4.78 is 26.8. The highest BCUT2D eigenvalue weighted by Gasteiger charge is 2.29. The Labute approximate surface area is 160 Å². The number of sulfonamides is 1. The molecule has 3 N–H and O–H groups in total. The van der Waals surface area contributed by atoms with Crippen LogP contribution in [0.2, 0.25) is 0 Å². The number of amides is 1. The average molecular weight is 388 g/mol. The first-order valence-corrected chi connectivity index (χ1v) is 10.6. The van der Waals surface area contributed by atoms with Gasteiger partial charge in [0.15, 0.2) is 0 Å². The first-order valence-electron chi connectivity index (χ1n) is 9.13. The van der Waals surface area contributed by atoms with E-state index in [-0.39, 0.29) is 11.8 Å². The fraction of sp³-hybridized carbons (Fsp3) is 0.350. The Bertz CT molecular complexity index is 859. The second-order valence-electron chi connectivity index (χ2n) is 6.77. The first kappa shape index (κ1) is 19.5. The van der Waals surface area contributed by atoms with E-state index in [1.165, 1.54) is 4.31 Å². The van der Waals surface area contributed by atoms with Crippen LogP contribution in [0.1, 0.15) is 28.8 Å². The van der Waals surface area contributed by atoms with Crippen LogP contribution >= 0.6 is 0 Å². The van der Waals surface area contributed by atoms with Gasteiger partial charge in [-0.15, -0.1) is 0 Å². The minimum atomic E-state index is -3.43. The molecule has 0 bridgehead atoms. The van der Waals surface area contributed by atoms with Crippen LogP contribution in [0, 0.1) is 5.92 Å². The van der Waals surface area contributed by atoms with Gasteiger partial charge in [-0.3, -0.25) is 4.79 Å². The maximum Gasteiger partial charge on any atom is 0.251 e. The smallest absolute Gasteiger partial charge is 0.251 e. The minimum Gasteiger partial charge on any atom is -0.352 e. The molecule has 0 aromatic heterocycles. The van der Waals surface area contributed by atoms with Crippen LogP contribution in [0.4, 0.5) is 0 Å². The Balaban J connectivity index is 1.50. The third-order valence-electron chi connectivity index (χ3n) is 4.96. The van der Waals surface area contributed by atoms with Gasteiger partial charge >= 0.3 is 0 Å². The lowest BCUT2D eigenvalue weighted by Crippen LogP contribution is -2.41. The summed E-state index contributed by atoms with van der Waals surface area (Å²) in [5, 5.41) is 2.95. The highest BCUT2D eigenvalue weighted by Crippen LogP contribution is 2.23. The van der Waals surface area contributed by atoms with Crippen LogP contribution in [0.15, 0.2) is 59.5 Å². The van der Waals surface area contributed by atoms with Gasteiger partial charge < -0.3 is 11.1 Å². The van der Waals surface area contributed by atoms with E-state index in [9.17, 15) is 13.2 Å². The molecule has 0 radical (unpaired) electrons. The summed E-state index contributed by atoms with van der Waals surface area (Å²) in [6, 6.07) is 15.7. The monoisotopic (exact) mass is 387 g/mol. The van der Waals surface area contributed by atoms with Crippen molar-refractivity contribution in [3.05, 3.63) is 65.7 Å². The van der Waals surface area contributed by atoms with E-state index in [0.29, 0.717) is 36.6 Å². The summed E-state index contributed by atoms with van der Waals surface area (Å²) in [6.45, 7) is 1.95. The van der Waals surface area contributed by atoms with Crippen LogP contribution in [-0.4, -0.2) is 38.3 Å². The van der Waals surface area contributed by atoms with Crippen LogP contribution in [0.5, 0.6) is 0 Å². The van der Waals surface area contributed by atoms with Crippen LogP contribution in [0.3, 0.4) is 0 Å². The van der Waals surface area contributed by atoms with E-state index in [1.807, 2.05) is 12.1 Å². The van der Waals surface area contributed by atoms with Gasteiger partial charge in [-0.25, -0.2) is 8.42 Å². The van der Waals surface area contributed by atoms with Crippen LogP contribution in [0.25, 0.3) is 0 Å². The van der Waals surface area contributed by atoms with E-state index in [1.54, 1.807) is 42.5 Å². The number of hydrogen-bond acceptors (Lipinski definition) is 4. The molecule has 1 heterocycles. The molecule has 7 heteroatoms. The topological polar surface area (TPSA) is 92.5 Å². The molecule has 144 valence electrons. The lowest BCUT2D eigenvalue weighted by Gasteiger charge is -2.31. The van der Waals surface area contributed by atoms with Crippen molar-refractivity contribution >= 4 is 15.9 Å².